The van der Waals surface area contributed by atoms with Gasteiger partial charge in [-0.25, -0.2) is 9.55 Å². The van der Waals surface area contributed by atoms with Crippen LogP contribution in [0.15, 0.2) is 72.0 Å². The molecule has 4 rings (SSSR count). The molecule has 3 aromatic heterocycles. The maximum Gasteiger partial charge on any atom is 0.222 e. The lowest BCUT2D eigenvalue weighted by molar-refractivity contribution is 0.258. The third-order valence-corrected chi connectivity index (χ3v) is 5.61. The van der Waals surface area contributed by atoms with Crippen molar-refractivity contribution in [2.24, 2.45) is 5.10 Å². The number of nitrogens with zero attached hydrogens (tertiary/aromatic N) is 6. The molecule has 8 nitrogen and oxygen atoms in total. The van der Waals surface area contributed by atoms with Gasteiger partial charge >= 0.3 is 0 Å². The summed E-state index contributed by atoms with van der Waals surface area (Å²) in [4.78, 5) is 25.8. The number of aryl methyl sites for hydroxylation is 2. The van der Waals surface area contributed by atoms with Crippen LogP contribution in [0.5, 0.6) is 0 Å². The molecule has 0 bridgehead atoms. The van der Waals surface area contributed by atoms with E-state index in [1.54, 1.807) is 11.2 Å². The van der Waals surface area contributed by atoms with Gasteiger partial charge in [0.25, 0.3) is 0 Å². The summed E-state index contributed by atoms with van der Waals surface area (Å²) in [7, 11) is 1.85. The van der Waals surface area contributed by atoms with E-state index in [2.05, 4.69) is 15.0 Å². The van der Waals surface area contributed by atoms with E-state index in [4.69, 9.17) is 10.8 Å². The zero-order valence-corrected chi connectivity index (χ0v) is 19.7. The Bertz CT molecular complexity index is 1360. The van der Waals surface area contributed by atoms with E-state index in [1.807, 2.05) is 88.5 Å². The second kappa shape index (κ2) is 9.66. The lowest BCUT2D eigenvalue weighted by Gasteiger charge is -2.22. The average Bonchev–Trinajstić information content (AvgIpc) is 2.83. The smallest absolute Gasteiger partial charge is 0.222 e. The number of pyridine rings is 2. The first-order valence-electron chi connectivity index (χ1n) is 11.0. The minimum Gasteiger partial charge on any atom is -0.369 e. The van der Waals surface area contributed by atoms with E-state index >= 15 is 0 Å². The van der Waals surface area contributed by atoms with Gasteiger partial charge in [-0.2, -0.15) is 5.10 Å². The molecule has 3 heterocycles. The fourth-order valence-corrected chi connectivity index (χ4v) is 3.86. The van der Waals surface area contributed by atoms with Gasteiger partial charge in [0, 0.05) is 30.2 Å². The van der Waals surface area contributed by atoms with Gasteiger partial charge in [-0.05, 0) is 50.6 Å². The van der Waals surface area contributed by atoms with Gasteiger partial charge in [-0.3, -0.25) is 19.8 Å². The number of carbonyl (C=O) groups excluding carboxylic acids is 1. The van der Waals surface area contributed by atoms with Crippen molar-refractivity contribution in [1.82, 2.24) is 24.5 Å². The predicted molar refractivity (Wildman–Crippen MR) is 133 cm³/mol. The topological polar surface area (TPSA) is 102 Å². The molecule has 1 aromatic carbocycles. The Morgan fingerprint density at radius 2 is 1.68 bits per heavy atom. The summed E-state index contributed by atoms with van der Waals surface area (Å²) >= 11 is 0. The van der Waals surface area contributed by atoms with Gasteiger partial charge in [0.15, 0.2) is 5.49 Å². The molecule has 0 amide bonds. The van der Waals surface area contributed by atoms with E-state index in [1.165, 1.54) is 4.57 Å². The monoisotopic (exact) mass is 453 g/mol. The summed E-state index contributed by atoms with van der Waals surface area (Å²) in [5.74, 6) is 0.0535. The summed E-state index contributed by atoms with van der Waals surface area (Å²) in [6.07, 6.45) is 2.39. The third-order valence-electron chi connectivity index (χ3n) is 5.61. The highest BCUT2D eigenvalue weighted by molar-refractivity contribution is 5.82. The molecule has 8 heteroatoms. The zero-order valence-electron chi connectivity index (χ0n) is 19.7. The molecular formula is C26H27N7O. The number of nitrogen functional groups attached to an aromatic ring is 1. The van der Waals surface area contributed by atoms with Crippen LogP contribution in [-0.4, -0.2) is 38.0 Å². The molecule has 0 fully saturated rings. The molecule has 0 aliphatic heterocycles. The number of rotatable bonds is 6. The van der Waals surface area contributed by atoms with Crippen molar-refractivity contribution in [3.05, 3.63) is 89.4 Å². The molecule has 0 spiro atoms. The lowest BCUT2D eigenvalue weighted by atomic mass is 9.99. The van der Waals surface area contributed by atoms with Gasteiger partial charge in [0.2, 0.25) is 12.4 Å². The summed E-state index contributed by atoms with van der Waals surface area (Å²) in [5, 5.41) is 6.65. The maximum atomic E-state index is 12.2. The first kappa shape index (κ1) is 22.8. The van der Waals surface area contributed by atoms with Crippen LogP contribution in [0.25, 0.3) is 22.4 Å². The van der Waals surface area contributed by atoms with Crippen molar-refractivity contribution in [1.29, 1.82) is 0 Å². The second-order valence-electron chi connectivity index (χ2n) is 8.10. The maximum absolute atomic E-state index is 12.2. The first-order chi connectivity index (χ1) is 16.4. The molecule has 1 unspecified atom stereocenters. The van der Waals surface area contributed by atoms with Gasteiger partial charge in [-0.15, -0.1) is 0 Å². The number of hydrogen-bond donors (Lipinski definition) is 1. The standard InChI is InChI=1S/C26H27N7O/c1-17-14-21(15-18(2)29-17)23-24(20-10-6-5-7-11-20)30-26(27)33(16-34)25(23)31-32(4)19(3)22-12-8-9-13-28-22/h5-16,19H,1-4H3,(H2,27,30)/b31-25-. The largest absolute Gasteiger partial charge is 0.369 e. The zero-order chi connectivity index (χ0) is 24.2. The molecule has 2 N–H and O–H groups in total. The summed E-state index contributed by atoms with van der Waals surface area (Å²) in [6.45, 7) is 5.87. The molecule has 172 valence electrons. The van der Waals surface area contributed by atoms with Gasteiger partial charge in [0.05, 0.1) is 23.0 Å². The molecular weight excluding hydrogens is 426 g/mol. The van der Waals surface area contributed by atoms with E-state index in [-0.39, 0.29) is 12.0 Å². The van der Waals surface area contributed by atoms with Gasteiger partial charge in [0.1, 0.15) is 0 Å². The van der Waals surface area contributed by atoms with Crippen LogP contribution in [0.4, 0.5) is 5.95 Å². The van der Waals surface area contributed by atoms with Crippen molar-refractivity contribution < 1.29 is 4.79 Å². The molecule has 34 heavy (non-hydrogen) atoms. The highest BCUT2D eigenvalue weighted by Gasteiger charge is 2.20. The SMILES string of the molecule is Cc1cc(-c2c(-c3ccccc3)nc(N)n(C=O)/c2=N\N(C)C(C)c2ccccn2)cc(C)n1. The Balaban J connectivity index is 2.05. The van der Waals surface area contributed by atoms with Crippen LogP contribution >= 0.6 is 0 Å². The Hall–Kier alpha value is -4.33. The number of aromatic nitrogens is 4. The Morgan fingerprint density at radius 3 is 2.29 bits per heavy atom. The molecule has 0 radical (unpaired) electrons. The van der Waals surface area contributed by atoms with Crippen LogP contribution in [0.2, 0.25) is 0 Å². The van der Waals surface area contributed by atoms with Crippen molar-refractivity contribution >= 4 is 12.4 Å². The minimum atomic E-state index is -0.148. The van der Waals surface area contributed by atoms with E-state index in [9.17, 15) is 4.79 Å². The molecule has 0 aliphatic rings. The van der Waals surface area contributed by atoms with Crippen LogP contribution in [0, 0.1) is 13.8 Å². The van der Waals surface area contributed by atoms with Crippen LogP contribution < -0.4 is 11.2 Å². The summed E-state index contributed by atoms with van der Waals surface area (Å²) < 4.78 is 1.27. The van der Waals surface area contributed by atoms with E-state index in [0.29, 0.717) is 23.2 Å². The normalized spacial score (nSPS) is 12.4. The lowest BCUT2D eigenvalue weighted by Crippen LogP contribution is -2.32. The van der Waals surface area contributed by atoms with Crippen molar-refractivity contribution in [2.45, 2.75) is 26.8 Å². The highest BCUT2D eigenvalue weighted by Crippen LogP contribution is 2.29. The van der Waals surface area contributed by atoms with Crippen molar-refractivity contribution in [3.63, 3.8) is 0 Å². The number of hydrogen-bond acceptors (Lipinski definition) is 7. The summed E-state index contributed by atoms with van der Waals surface area (Å²) in [6, 6.07) is 19.3. The number of nitrogens with two attached hydrogens (primary N) is 1. The van der Waals surface area contributed by atoms with Crippen molar-refractivity contribution in [3.8, 4) is 22.4 Å². The second-order valence-corrected chi connectivity index (χ2v) is 8.10. The Kier molecular flexibility index (Phi) is 6.49. The predicted octanol–water partition coefficient (Wildman–Crippen LogP) is 3.75. The van der Waals surface area contributed by atoms with E-state index < -0.39 is 0 Å². The van der Waals surface area contributed by atoms with Crippen LogP contribution in [0.1, 0.15) is 30.0 Å². The average molecular weight is 454 g/mol. The van der Waals surface area contributed by atoms with Gasteiger partial charge < -0.3 is 5.73 Å². The highest BCUT2D eigenvalue weighted by atomic mass is 16.1. The molecule has 0 aliphatic carbocycles. The quantitative estimate of drug-likeness (QED) is 0.352. The van der Waals surface area contributed by atoms with Crippen LogP contribution in [0.3, 0.4) is 0 Å². The Labute approximate surface area is 198 Å². The van der Waals surface area contributed by atoms with Crippen molar-refractivity contribution in [2.75, 3.05) is 12.8 Å². The molecule has 1 atom stereocenters. The number of anilines is 1. The van der Waals surface area contributed by atoms with Gasteiger partial charge in [-0.1, -0.05) is 36.4 Å². The molecule has 0 saturated carbocycles. The molecule has 4 aromatic rings. The third kappa shape index (κ3) is 4.56. The summed E-state index contributed by atoms with van der Waals surface area (Å²) in [5.41, 5.74) is 12.3. The number of carbonyl (C=O) groups is 1. The van der Waals surface area contributed by atoms with E-state index in [0.717, 1.165) is 28.2 Å². The minimum absolute atomic E-state index is 0.0535. The molecule has 0 saturated heterocycles. The Morgan fingerprint density at radius 1 is 1.00 bits per heavy atom. The number of benzene rings is 1. The fraction of sp³-hybridized carbons (Fsp3) is 0.192. The fourth-order valence-electron chi connectivity index (χ4n) is 3.86. The van der Waals surface area contributed by atoms with Crippen LogP contribution in [-0.2, 0) is 4.79 Å². The first-order valence-corrected chi connectivity index (χ1v) is 11.0.